The molecule has 0 heterocycles. The average Bonchev–Trinajstić information content (AvgIpc) is 1.65. The van der Waals surface area contributed by atoms with Crippen LogP contribution in [0.2, 0.25) is 0 Å². The van der Waals surface area contributed by atoms with Crippen molar-refractivity contribution in [2.24, 2.45) is 0 Å². The van der Waals surface area contributed by atoms with Gasteiger partial charge in [-0.25, -0.2) is 0 Å². The van der Waals surface area contributed by atoms with E-state index in [9.17, 15) is 0 Å². The van der Waals surface area contributed by atoms with Crippen molar-refractivity contribution in [3.05, 3.63) is 0 Å². The molecule has 2 heteroatoms. The van der Waals surface area contributed by atoms with Crippen molar-refractivity contribution in [2.75, 3.05) is 14.1 Å². The van der Waals surface area contributed by atoms with Crippen molar-refractivity contribution in [3.63, 3.8) is 0 Å². The highest BCUT2D eigenvalue weighted by Crippen LogP contribution is 1.76. The minimum absolute atomic E-state index is 1.32. The van der Waals surface area contributed by atoms with Gasteiger partial charge in [-0.1, -0.05) is 39.5 Å². The topological polar surface area (TPSA) is 3.24 Å². The maximum atomic E-state index is 3.80. The summed E-state index contributed by atoms with van der Waals surface area (Å²) in [5.41, 5.74) is 0. The van der Waals surface area contributed by atoms with Crippen molar-refractivity contribution >= 4 is 12.8 Å². The SMILES string of the molecule is CCCC.CN(C)S. The first-order valence-electron chi connectivity index (χ1n) is 3.01. The summed E-state index contributed by atoms with van der Waals surface area (Å²) in [5, 5.41) is 0. The van der Waals surface area contributed by atoms with Gasteiger partial charge in [0.05, 0.1) is 0 Å². The fourth-order valence-electron chi connectivity index (χ4n) is 0. The minimum atomic E-state index is 1.32. The molecule has 0 N–H and O–H groups in total. The number of hydrogen-bond donors (Lipinski definition) is 1. The van der Waals surface area contributed by atoms with Gasteiger partial charge >= 0.3 is 0 Å². The summed E-state index contributed by atoms with van der Waals surface area (Å²) >= 11 is 3.80. The highest BCUT2D eigenvalue weighted by atomic mass is 32.1. The van der Waals surface area contributed by atoms with E-state index in [1.165, 1.54) is 12.8 Å². The van der Waals surface area contributed by atoms with Crippen LogP contribution in [0.3, 0.4) is 0 Å². The van der Waals surface area contributed by atoms with Gasteiger partial charge in [-0.15, -0.1) is 0 Å². The third-order valence-electron chi connectivity index (χ3n) is 0.500. The van der Waals surface area contributed by atoms with Crippen LogP contribution in [0.4, 0.5) is 0 Å². The van der Waals surface area contributed by atoms with Gasteiger partial charge in [-0.3, -0.25) is 4.31 Å². The molecule has 8 heavy (non-hydrogen) atoms. The fourth-order valence-corrected chi connectivity index (χ4v) is 0. The Morgan fingerprint density at radius 1 is 1.12 bits per heavy atom. The van der Waals surface area contributed by atoms with Crippen molar-refractivity contribution in [3.8, 4) is 0 Å². The molecule has 0 fully saturated rings. The number of thiol groups is 1. The smallest absolute Gasteiger partial charge is 0.00309 e. The fraction of sp³-hybridized carbons (Fsp3) is 1.00. The van der Waals surface area contributed by atoms with E-state index in [-0.39, 0.29) is 0 Å². The van der Waals surface area contributed by atoms with Gasteiger partial charge < -0.3 is 0 Å². The molecule has 0 atom stereocenters. The van der Waals surface area contributed by atoms with Crippen molar-refractivity contribution in [1.82, 2.24) is 4.31 Å². The van der Waals surface area contributed by atoms with Crippen LogP contribution in [-0.4, -0.2) is 18.4 Å². The van der Waals surface area contributed by atoms with Gasteiger partial charge in [0.15, 0.2) is 0 Å². The molecule has 0 bridgehead atoms. The molecule has 1 nitrogen and oxygen atoms in total. The van der Waals surface area contributed by atoms with Crippen LogP contribution in [0.25, 0.3) is 0 Å². The molecular formula is C6H17NS. The second-order valence-corrected chi connectivity index (χ2v) is 2.65. The van der Waals surface area contributed by atoms with Crippen LogP contribution in [0.15, 0.2) is 0 Å². The first kappa shape index (κ1) is 11.2. The van der Waals surface area contributed by atoms with Gasteiger partial charge in [0.1, 0.15) is 0 Å². The molecule has 0 aromatic rings. The monoisotopic (exact) mass is 135 g/mol. The summed E-state index contributed by atoms with van der Waals surface area (Å²) in [6.45, 7) is 4.36. The zero-order valence-corrected chi connectivity index (χ0v) is 7.20. The zero-order valence-electron chi connectivity index (χ0n) is 6.31. The van der Waals surface area contributed by atoms with Crippen molar-refractivity contribution < 1.29 is 0 Å². The average molecular weight is 135 g/mol. The van der Waals surface area contributed by atoms with Crippen LogP contribution in [0.1, 0.15) is 26.7 Å². The first-order chi connectivity index (χ1) is 3.65. The van der Waals surface area contributed by atoms with Crippen LogP contribution >= 0.6 is 12.8 Å². The molecule has 0 aromatic heterocycles. The molecule has 0 amide bonds. The Morgan fingerprint density at radius 2 is 1.25 bits per heavy atom. The Labute approximate surface area is 58.6 Å². The Kier molecular flexibility index (Phi) is 14.4. The van der Waals surface area contributed by atoms with Gasteiger partial charge in [-0.05, 0) is 14.1 Å². The lowest BCUT2D eigenvalue weighted by Gasteiger charge is -1.88. The maximum Gasteiger partial charge on any atom is -0.00309 e. The van der Waals surface area contributed by atoms with Crippen LogP contribution in [-0.2, 0) is 0 Å². The molecule has 0 aliphatic rings. The first-order valence-corrected chi connectivity index (χ1v) is 3.41. The highest BCUT2D eigenvalue weighted by Gasteiger charge is 1.59. The van der Waals surface area contributed by atoms with E-state index >= 15 is 0 Å². The molecule has 0 radical (unpaired) electrons. The van der Waals surface area contributed by atoms with E-state index in [1.54, 1.807) is 4.31 Å². The Balaban J connectivity index is 0. The van der Waals surface area contributed by atoms with Gasteiger partial charge in [-0.2, -0.15) is 0 Å². The van der Waals surface area contributed by atoms with Crippen LogP contribution in [0, 0.1) is 0 Å². The molecule has 0 spiro atoms. The van der Waals surface area contributed by atoms with E-state index in [0.717, 1.165) is 0 Å². The molecule has 52 valence electrons. The number of unbranched alkanes of at least 4 members (excludes halogenated alkanes) is 1. The minimum Gasteiger partial charge on any atom is -0.259 e. The predicted octanol–water partition coefficient (Wildman–Crippen LogP) is 2.20. The van der Waals surface area contributed by atoms with E-state index in [4.69, 9.17) is 0 Å². The summed E-state index contributed by atoms with van der Waals surface area (Å²) in [5.74, 6) is 0. The summed E-state index contributed by atoms with van der Waals surface area (Å²) in [6.07, 6.45) is 2.64. The molecule has 0 aliphatic heterocycles. The summed E-state index contributed by atoms with van der Waals surface area (Å²) < 4.78 is 1.69. The van der Waals surface area contributed by atoms with Crippen LogP contribution in [0.5, 0.6) is 0 Å². The normalized spacial score (nSPS) is 8.25. The van der Waals surface area contributed by atoms with Gasteiger partial charge in [0.2, 0.25) is 0 Å². The molecule has 0 rings (SSSR count). The van der Waals surface area contributed by atoms with Gasteiger partial charge in [0, 0.05) is 0 Å². The quantitative estimate of drug-likeness (QED) is 0.539. The highest BCUT2D eigenvalue weighted by molar-refractivity contribution is 7.77. The Bertz CT molecular complexity index is 25.0. The second kappa shape index (κ2) is 10.3. The third kappa shape index (κ3) is 104. The molecule has 0 saturated carbocycles. The Hall–Kier alpha value is 0.310. The standard InChI is InChI=1S/C4H10.C2H7NS/c1-3-4-2;1-3(2)4/h3-4H2,1-2H3;4H,1-2H3. The number of hydrogen-bond acceptors (Lipinski definition) is 2. The maximum absolute atomic E-state index is 3.80. The summed E-state index contributed by atoms with van der Waals surface area (Å²) in [6, 6.07) is 0. The lowest BCUT2D eigenvalue weighted by Crippen LogP contribution is -1.89. The molecule has 0 saturated heterocycles. The van der Waals surface area contributed by atoms with Gasteiger partial charge in [0.25, 0.3) is 0 Å². The Morgan fingerprint density at radius 3 is 1.25 bits per heavy atom. The lowest BCUT2D eigenvalue weighted by molar-refractivity contribution is 0.714. The predicted molar refractivity (Wildman–Crippen MR) is 43.3 cm³/mol. The lowest BCUT2D eigenvalue weighted by atomic mass is 10.4. The van der Waals surface area contributed by atoms with E-state index in [0.29, 0.717) is 0 Å². The van der Waals surface area contributed by atoms with E-state index in [2.05, 4.69) is 26.7 Å². The summed E-state index contributed by atoms with van der Waals surface area (Å²) in [4.78, 5) is 0. The zero-order chi connectivity index (χ0) is 6.99. The summed E-state index contributed by atoms with van der Waals surface area (Å²) in [7, 11) is 3.73. The number of nitrogens with zero attached hydrogens (tertiary/aromatic N) is 1. The largest absolute Gasteiger partial charge is 0.259 e. The van der Waals surface area contributed by atoms with Crippen molar-refractivity contribution in [1.29, 1.82) is 0 Å². The van der Waals surface area contributed by atoms with Crippen molar-refractivity contribution in [2.45, 2.75) is 26.7 Å². The van der Waals surface area contributed by atoms with Crippen LogP contribution < -0.4 is 0 Å². The number of rotatable bonds is 1. The second-order valence-electron chi connectivity index (χ2n) is 1.85. The molecule has 0 unspecified atom stereocenters. The molecule has 0 aliphatic carbocycles. The molecular weight excluding hydrogens is 118 g/mol. The third-order valence-corrected chi connectivity index (χ3v) is 0.500. The van der Waals surface area contributed by atoms with E-state index < -0.39 is 0 Å². The molecule has 0 aromatic carbocycles. The van der Waals surface area contributed by atoms with E-state index in [1.807, 2.05) is 14.1 Å².